The van der Waals surface area contributed by atoms with Gasteiger partial charge in [-0.2, -0.15) is 15.8 Å². The fraction of sp³-hybridized carbons (Fsp3) is 0.600. The molecular formula is C15H21N4O3PS2. The zero-order valence-corrected chi connectivity index (χ0v) is 17.3. The molecule has 25 heavy (non-hydrogen) atoms. The predicted octanol–water partition coefficient (Wildman–Crippen LogP) is 3.50. The normalized spacial score (nSPS) is 13.0. The first-order chi connectivity index (χ1) is 11.4. The number of carbonyl (C=O) groups is 1. The number of hydrogen-bond acceptors (Lipinski definition) is 9. The zero-order chi connectivity index (χ0) is 19.8. The van der Waals surface area contributed by atoms with Crippen molar-refractivity contribution in [2.45, 2.75) is 53.2 Å². The fourth-order valence-corrected chi connectivity index (χ4v) is 7.55. The number of Topliss-reactive ketones (excluding diaryl/α,β-unsaturated/α-hetero) is 1. The van der Waals surface area contributed by atoms with Crippen LogP contribution in [0.1, 0.15) is 41.0 Å². The maximum Gasteiger partial charge on any atom is 0.254 e. The van der Waals surface area contributed by atoms with Gasteiger partial charge in [0.2, 0.25) is 0 Å². The summed E-state index contributed by atoms with van der Waals surface area (Å²) in [4.78, 5) is 11.5. The number of carbonyl (C=O) groups excluding carboxylic acids is 1. The van der Waals surface area contributed by atoms with Gasteiger partial charge in [-0.3, -0.25) is 4.79 Å². The highest BCUT2D eigenvalue weighted by atomic mass is 32.9. The first kappa shape index (κ1) is 23.6. The Balaban J connectivity index is 6.10. The molecule has 0 aliphatic rings. The smallest absolute Gasteiger partial charge is 0.254 e. The van der Waals surface area contributed by atoms with Gasteiger partial charge in [0.05, 0.1) is 34.9 Å². The van der Waals surface area contributed by atoms with E-state index in [1.165, 1.54) is 6.92 Å². The molecule has 0 spiro atoms. The lowest BCUT2D eigenvalue weighted by Gasteiger charge is -2.26. The van der Waals surface area contributed by atoms with Crippen LogP contribution in [0.15, 0.2) is 10.6 Å². The summed E-state index contributed by atoms with van der Waals surface area (Å²) in [6.45, 7) is 8.35. The van der Waals surface area contributed by atoms with Gasteiger partial charge in [-0.05, 0) is 57.8 Å². The molecule has 7 nitrogen and oxygen atoms in total. The molecule has 136 valence electrons. The number of ketones is 1. The van der Waals surface area contributed by atoms with Crippen LogP contribution in [-0.2, 0) is 25.6 Å². The Morgan fingerprint density at radius 2 is 1.64 bits per heavy atom. The number of allylic oxidation sites excluding steroid dienone is 1. The highest BCUT2D eigenvalue weighted by Crippen LogP contribution is 2.65. The Morgan fingerprint density at radius 1 is 1.20 bits per heavy atom. The minimum absolute atomic E-state index is 0.142. The summed E-state index contributed by atoms with van der Waals surface area (Å²) < 4.78 is 11.4. The van der Waals surface area contributed by atoms with Crippen LogP contribution in [0.5, 0.6) is 0 Å². The van der Waals surface area contributed by atoms with E-state index in [1.54, 1.807) is 45.9 Å². The molecule has 0 bridgehead atoms. The molecule has 0 amide bonds. The summed E-state index contributed by atoms with van der Waals surface area (Å²) in [5.74, 6) is -0.412. The lowest BCUT2D eigenvalue weighted by atomic mass is 9.79. The lowest BCUT2D eigenvalue weighted by Crippen LogP contribution is -2.24. The second kappa shape index (κ2) is 9.92. The molecule has 0 aliphatic heterocycles. The van der Waals surface area contributed by atoms with Crippen LogP contribution < -0.4 is 5.73 Å². The third-order valence-corrected chi connectivity index (χ3v) is 7.52. The average molecular weight is 400 g/mol. The number of rotatable bonds is 9. The van der Waals surface area contributed by atoms with Crippen molar-refractivity contribution >= 4 is 34.7 Å². The Hall–Kier alpha value is -1.40. The molecule has 0 aromatic carbocycles. The van der Waals surface area contributed by atoms with E-state index in [1.807, 2.05) is 0 Å². The van der Waals surface area contributed by atoms with E-state index in [-0.39, 0.29) is 22.8 Å². The van der Waals surface area contributed by atoms with Gasteiger partial charge >= 0.3 is 0 Å². The van der Waals surface area contributed by atoms with Crippen LogP contribution in [0, 0.1) is 39.4 Å². The second-order valence-corrected chi connectivity index (χ2v) is 11.8. The molecule has 0 heterocycles. The largest absolute Gasteiger partial charge is 0.392 e. The van der Waals surface area contributed by atoms with E-state index in [2.05, 4.69) is 0 Å². The first-order valence-electron chi connectivity index (χ1n) is 7.34. The molecule has 0 fully saturated rings. The first-order valence-corrected chi connectivity index (χ1v) is 11.4. The monoisotopic (exact) mass is 400 g/mol. The molecule has 0 atom stereocenters. The van der Waals surface area contributed by atoms with E-state index in [0.29, 0.717) is 0 Å². The van der Waals surface area contributed by atoms with Crippen molar-refractivity contribution in [3.05, 3.63) is 10.6 Å². The number of nitrogens with two attached hydrogens (primary N) is 1. The van der Waals surface area contributed by atoms with Gasteiger partial charge in [0, 0.05) is 6.42 Å². The van der Waals surface area contributed by atoms with Crippen LogP contribution in [0.25, 0.3) is 0 Å². The van der Waals surface area contributed by atoms with Gasteiger partial charge in [0.25, 0.3) is 5.69 Å². The zero-order valence-electron chi connectivity index (χ0n) is 14.8. The molecule has 10 heteroatoms. The standard InChI is InChI=1S/C15H21N4O3PS2/c1-10(2)21-23(24,22-11(3)4)25-14(19)13(7-16)15(8-17,9-18)6-12(5)20/h10-11H,6,19H2,1-5H3/b14-13-. The molecule has 0 saturated carbocycles. The van der Waals surface area contributed by atoms with Gasteiger partial charge in [-0.1, -0.05) is 0 Å². The van der Waals surface area contributed by atoms with E-state index in [9.17, 15) is 20.6 Å². The SMILES string of the molecule is CC(=O)CC(C#N)(C#N)/C(C#N)=C(/N)SP(=S)(OC(C)C)OC(C)C. The van der Waals surface area contributed by atoms with Crippen molar-refractivity contribution in [2.75, 3.05) is 0 Å². The lowest BCUT2D eigenvalue weighted by molar-refractivity contribution is -0.117. The quantitative estimate of drug-likeness (QED) is 0.456. The van der Waals surface area contributed by atoms with Gasteiger partial charge < -0.3 is 14.8 Å². The summed E-state index contributed by atoms with van der Waals surface area (Å²) in [5, 5.41) is 28.1. The highest BCUT2D eigenvalue weighted by molar-refractivity contribution is 8.69. The molecule has 0 aromatic rings. The minimum atomic E-state index is -2.97. The highest BCUT2D eigenvalue weighted by Gasteiger charge is 2.40. The van der Waals surface area contributed by atoms with Crippen molar-refractivity contribution < 1.29 is 13.8 Å². The molecule has 0 aromatic heterocycles. The maximum atomic E-state index is 11.5. The summed E-state index contributed by atoms with van der Waals surface area (Å²) >= 11 is 6.28. The molecule has 2 N–H and O–H groups in total. The molecule has 0 radical (unpaired) electrons. The summed E-state index contributed by atoms with van der Waals surface area (Å²) in [5.41, 5.74) is 0.741. The molecule has 0 aliphatic carbocycles. The fourth-order valence-electron chi connectivity index (χ4n) is 1.79. The van der Waals surface area contributed by atoms with Gasteiger partial charge in [-0.25, -0.2) is 0 Å². The topological polar surface area (TPSA) is 133 Å². The molecule has 0 saturated heterocycles. The Labute approximate surface area is 157 Å². The number of nitriles is 3. The van der Waals surface area contributed by atoms with Crippen LogP contribution in [0.3, 0.4) is 0 Å². The molecular weight excluding hydrogens is 379 g/mol. The van der Waals surface area contributed by atoms with E-state index in [4.69, 9.17) is 26.6 Å². The maximum absolute atomic E-state index is 11.5. The Bertz CT molecular complexity index is 686. The molecule has 0 unspecified atom stereocenters. The Morgan fingerprint density at radius 3 is 1.92 bits per heavy atom. The molecule has 0 rings (SSSR count). The predicted molar refractivity (Wildman–Crippen MR) is 100 cm³/mol. The third-order valence-electron chi connectivity index (χ3n) is 2.57. The van der Waals surface area contributed by atoms with Crippen molar-refractivity contribution in [3.63, 3.8) is 0 Å². The summed E-state index contributed by atoms with van der Waals surface area (Å²) in [7, 11) is 0. The van der Waals surface area contributed by atoms with Gasteiger partial charge in [0.15, 0.2) is 5.41 Å². The van der Waals surface area contributed by atoms with Crippen LogP contribution in [0.4, 0.5) is 0 Å². The summed E-state index contributed by atoms with van der Waals surface area (Å²) in [6.07, 6.45) is -0.933. The van der Waals surface area contributed by atoms with Crippen molar-refractivity contribution in [1.82, 2.24) is 0 Å². The third kappa shape index (κ3) is 7.16. The van der Waals surface area contributed by atoms with Crippen LogP contribution >= 0.6 is 17.1 Å². The van der Waals surface area contributed by atoms with Crippen LogP contribution in [-0.4, -0.2) is 18.0 Å². The Kier molecular flexibility index (Phi) is 9.37. The summed E-state index contributed by atoms with van der Waals surface area (Å²) in [6, 6.07) is 5.25. The van der Waals surface area contributed by atoms with E-state index < -0.39 is 23.3 Å². The average Bonchev–Trinajstić information content (AvgIpc) is 2.43. The van der Waals surface area contributed by atoms with E-state index in [0.717, 1.165) is 11.4 Å². The number of hydrogen-bond donors (Lipinski definition) is 1. The van der Waals surface area contributed by atoms with E-state index >= 15 is 0 Å². The van der Waals surface area contributed by atoms with Crippen molar-refractivity contribution in [2.24, 2.45) is 11.1 Å². The van der Waals surface area contributed by atoms with Crippen molar-refractivity contribution in [3.8, 4) is 18.2 Å². The van der Waals surface area contributed by atoms with Crippen LogP contribution in [0.2, 0.25) is 0 Å². The minimum Gasteiger partial charge on any atom is -0.392 e. The number of nitrogens with zero attached hydrogens (tertiary/aromatic N) is 3. The van der Waals surface area contributed by atoms with Gasteiger partial charge in [-0.15, -0.1) is 0 Å². The van der Waals surface area contributed by atoms with Crippen molar-refractivity contribution in [1.29, 1.82) is 15.8 Å². The van der Waals surface area contributed by atoms with Gasteiger partial charge in [0.1, 0.15) is 11.9 Å². The second-order valence-electron chi connectivity index (χ2n) is 5.71.